The van der Waals surface area contributed by atoms with Crippen molar-refractivity contribution in [2.24, 2.45) is 0 Å². The minimum absolute atomic E-state index is 0.0230. The number of aryl methyl sites for hydroxylation is 2. The highest BCUT2D eigenvalue weighted by molar-refractivity contribution is 7.81. The fraction of sp³-hybridized carbons (Fsp3) is 0.103. The number of nitrogens with one attached hydrogen (secondary N) is 1. The summed E-state index contributed by atoms with van der Waals surface area (Å²) in [6, 6.07) is 34.4. The van der Waals surface area contributed by atoms with Crippen LogP contribution < -0.4 is 5.32 Å². The Labute approximate surface area is 220 Å². The van der Waals surface area contributed by atoms with E-state index in [4.69, 9.17) is 9.54 Å². The molecule has 5 aromatic rings. The molecule has 0 bridgehead atoms. The number of carbonyl (C=O) groups is 1. The molecule has 0 saturated carbocycles. The van der Waals surface area contributed by atoms with Gasteiger partial charge in [-0.3, -0.25) is 4.55 Å². The van der Waals surface area contributed by atoms with E-state index in [2.05, 4.69) is 9.50 Å². The van der Waals surface area contributed by atoms with Crippen LogP contribution in [0.25, 0.3) is 11.0 Å². The fourth-order valence-corrected chi connectivity index (χ4v) is 4.68. The Kier molecular flexibility index (Phi) is 7.21. The Morgan fingerprint density at radius 2 is 1.45 bits per heavy atom. The first kappa shape index (κ1) is 25.2. The molecule has 0 aliphatic rings. The van der Waals surface area contributed by atoms with Gasteiger partial charge in [-0.25, -0.2) is 9.78 Å². The molecule has 38 heavy (non-hydrogen) atoms. The van der Waals surface area contributed by atoms with Crippen molar-refractivity contribution in [1.82, 2.24) is 9.55 Å². The summed E-state index contributed by atoms with van der Waals surface area (Å²) in [7, 11) is -4.94. The maximum absolute atomic E-state index is 12.3. The molecule has 5 rings (SSSR count). The number of anilines is 1. The predicted molar refractivity (Wildman–Crippen MR) is 145 cm³/mol. The van der Waals surface area contributed by atoms with E-state index >= 15 is 0 Å². The number of rotatable bonds is 9. The third-order valence-corrected chi connectivity index (χ3v) is 6.53. The Morgan fingerprint density at radius 3 is 2.03 bits per heavy atom. The van der Waals surface area contributed by atoms with E-state index in [-0.39, 0.29) is 11.6 Å². The second-order valence-electron chi connectivity index (χ2n) is 8.72. The van der Waals surface area contributed by atoms with Crippen molar-refractivity contribution in [2.45, 2.75) is 19.0 Å². The van der Waals surface area contributed by atoms with E-state index in [0.29, 0.717) is 29.9 Å². The number of benzene rings is 4. The molecular formula is C29H25N3O5S. The summed E-state index contributed by atoms with van der Waals surface area (Å²) in [5.74, 6) is -0.583. The first-order valence-corrected chi connectivity index (χ1v) is 13.4. The van der Waals surface area contributed by atoms with Crippen LogP contribution in [0.5, 0.6) is 0 Å². The topological polar surface area (TPSA) is 111 Å². The van der Waals surface area contributed by atoms with Crippen molar-refractivity contribution in [2.75, 3.05) is 5.32 Å². The van der Waals surface area contributed by atoms with E-state index < -0.39 is 16.4 Å². The zero-order valence-electron chi connectivity index (χ0n) is 20.3. The molecule has 0 fully saturated rings. The van der Waals surface area contributed by atoms with Gasteiger partial charge in [-0.15, -0.1) is 0 Å². The number of carbonyl (C=O) groups excluding carboxylic acids is 1. The SMILES string of the molecule is O=C(OS(=O)(=O)O)c1ccc2nc(NC(c3ccccc3)c3ccccc3)n(CCc3ccccc3)c2c1. The quantitative estimate of drug-likeness (QED) is 0.246. The Hall–Kier alpha value is -4.47. The zero-order valence-corrected chi connectivity index (χ0v) is 21.1. The van der Waals surface area contributed by atoms with Crippen LogP contribution in [0.15, 0.2) is 109 Å². The van der Waals surface area contributed by atoms with E-state index in [1.165, 1.54) is 12.1 Å². The van der Waals surface area contributed by atoms with Gasteiger partial charge in [0.25, 0.3) is 0 Å². The van der Waals surface area contributed by atoms with Crippen LogP contribution in [-0.2, 0) is 27.5 Å². The largest absolute Gasteiger partial charge is 0.449 e. The average Bonchev–Trinajstić information content (AvgIpc) is 3.27. The minimum Gasteiger partial charge on any atom is -0.345 e. The van der Waals surface area contributed by atoms with Crippen LogP contribution in [0.1, 0.15) is 33.1 Å². The lowest BCUT2D eigenvalue weighted by atomic mass is 9.99. The third kappa shape index (κ3) is 5.91. The molecule has 9 heteroatoms. The van der Waals surface area contributed by atoms with Gasteiger partial charge < -0.3 is 14.1 Å². The van der Waals surface area contributed by atoms with Crippen LogP contribution in [0.3, 0.4) is 0 Å². The molecule has 192 valence electrons. The van der Waals surface area contributed by atoms with Gasteiger partial charge in [0.15, 0.2) is 0 Å². The second-order valence-corrected chi connectivity index (χ2v) is 9.75. The number of imidazole rings is 1. The third-order valence-electron chi connectivity index (χ3n) is 6.17. The van der Waals surface area contributed by atoms with Gasteiger partial charge in [0.2, 0.25) is 5.95 Å². The molecule has 1 heterocycles. The van der Waals surface area contributed by atoms with Crippen LogP contribution in [-0.4, -0.2) is 28.5 Å². The number of fused-ring (bicyclic) bond motifs is 1. The van der Waals surface area contributed by atoms with E-state index in [9.17, 15) is 13.2 Å². The van der Waals surface area contributed by atoms with Gasteiger partial charge in [-0.05, 0) is 41.3 Å². The lowest BCUT2D eigenvalue weighted by Gasteiger charge is -2.21. The molecule has 1 aromatic heterocycles. The zero-order chi connectivity index (χ0) is 26.5. The van der Waals surface area contributed by atoms with E-state index in [0.717, 1.165) is 16.7 Å². The lowest BCUT2D eigenvalue weighted by Crippen LogP contribution is -2.16. The van der Waals surface area contributed by atoms with Crippen molar-refractivity contribution < 1.29 is 21.9 Å². The Morgan fingerprint density at radius 1 is 0.868 bits per heavy atom. The first-order valence-electron chi connectivity index (χ1n) is 12.0. The Bertz CT molecular complexity index is 1620. The molecule has 0 aliphatic carbocycles. The molecule has 4 aromatic carbocycles. The van der Waals surface area contributed by atoms with Crippen molar-refractivity contribution >= 4 is 33.4 Å². The fourth-order valence-electron chi connectivity index (χ4n) is 4.39. The maximum atomic E-state index is 12.3. The number of hydrogen-bond acceptors (Lipinski definition) is 6. The van der Waals surface area contributed by atoms with Crippen LogP contribution in [0.4, 0.5) is 5.95 Å². The summed E-state index contributed by atoms with van der Waals surface area (Å²) in [6.07, 6.45) is 0.696. The highest BCUT2D eigenvalue weighted by Gasteiger charge is 2.21. The number of aromatic nitrogens is 2. The highest BCUT2D eigenvalue weighted by Crippen LogP contribution is 2.29. The Balaban J connectivity index is 1.58. The molecule has 2 N–H and O–H groups in total. The van der Waals surface area contributed by atoms with Gasteiger partial charge in [0, 0.05) is 6.54 Å². The standard InChI is InChI=1S/C29H25N3O5S/c33-28(37-38(34,35)36)24-16-17-25-26(20-24)32(19-18-21-10-4-1-5-11-21)29(30-25)31-27(22-12-6-2-7-13-22)23-14-8-3-9-15-23/h1-17,20,27H,18-19H2,(H,30,31)(H,34,35,36). The summed E-state index contributed by atoms with van der Waals surface area (Å²) in [4.78, 5) is 17.2. The molecular weight excluding hydrogens is 502 g/mol. The smallest absolute Gasteiger partial charge is 0.345 e. The van der Waals surface area contributed by atoms with Gasteiger partial charge in [-0.2, -0.15) is 8.42 Å². The molecule has 0 saturated heterocycles. The van der Waals surface area contributed by atoms with E-state index in [1.54, 1.807) is 6.07 Å². The van der Waals surface area contributed by atoms with Crippen molar-refractivity contribution in [3.05, 3.63) is 131 Å². The van der Waals surface area contributed by atoms with Crippen LogP contribution >= 0.6 is 0 Å². The highest BCUT2D eigenvalue weighted by atomic mass is 32.3. The second kappa shape index (κ2) is 10.9. The molecule has 0 atom stereocenters. The van der Waals surface area contributed by atoms with Crippen LogP contribution in [0.2, 0.25) is 0 Å². The summed E-state index contributed by atoms with van der Waals surface area (Å²) >= 11 is 0. The van der Waals surface area contributed by atoms with Gasteiger partial charge >= 0.3 is 16.4 Å². The normalized spacial score (nSPS) is 11.5. The molecule has 0 radical (unpaired) electrons. The maximum Gasteiger partial charge on any atom is 0.449 e. The summed E-state index contributed by atoms with van der Waals surface area (Å²) < 4.78 is 37.3. The van der Waals surface area contributed by atoms with E-state index in [1.807, 2.05) is 95.6 Å². The van der Waals surface area contributed by atoms with Crippen molar-refractivity contribution in [3.8, 4) is 0 Å². The number of hydrogen-bond donors (Lipinski definition) is 2. The minimum atomic E-state index is -4.94. The summed E-state index contributed by atoms with van der Waals surface area (Å²) in [6.45, 7) is 0.538. The molecule has 8 nitrogen and oxygen atoms in total. The van der Waals surface area contributed by atoms with Gasteiger partial charge in [0.05, 0.1) is 22.6 Å². The van der Waals surface area contributed by atoms with Crippen molar-refractivity contribution in [1.29, 1.82) is 0 Å². The van der Waals surface area contributed by atoms with Crippen LogP contribution in [0, 0.1) is 0 Å². The molecule has 0 spiro atoms. The lowest BCUT2D eigenvalue weighted by molar-refractivity contribution is 0.0727. The van der Waals surface area contributed by atoms with Gasteiger partial charge in [0.1, 0.15) is 0 Å². The molecule has 0 amide bonds. The predicted octanol–water partition coefficient (Wildman–Crippen LogP) is 5.44. The number of nitrogens with zero attached hydrogens (tertiary/aromatic N) is 2. The summed E-state index contributed by atoms with van der Waals surface area (Å²) in [5.41, 5.74) is 4.45. The van der Waals surface area contributed by atoms with Crippen molar-refractivity contribution in [3.63, 3.8) is 0 Å². The average molecular weight is 528 g/mol. The molecule has 0 aliphatic heterocycles. The monoisotopic (exact) mass is 527 g/mol. The van der Waals surface area contributed by atoms with Gasteiger partial charge in [-0.1, -0.05) is 91.0 Å². The summed E-state index contributed by atoms with van der Waals surface area (Å²) in [5, 5.41) is 3.59. The first-order chi connectivity index (χ1) is 18.4. The molecule has 0 unspecified atom stereocenters.